The molecule has 0 N–H and O–H groups in total. The van der Waals surface area contributed by atoms with Crippen LogP contribution < -0.4 is 10.4 Å². The molecular weight excluding hydrogens is 485 g/mol. The van der Waals surface area contributed by atoms with Crippen LogP contribution in [0.2, 0.25) is 0 Å². The van der Waals surface area contributed by atoms with Gasteiger partial charge in [-0.15, -0.1) is 5.10 Å². The molecule has 0 fully saturated rings. The Balaban J connectivity index is 1.67. The lowest BCUT2D eigenvalue weighted by Gasteiger charge is -2.12. The number of benzene rings is 2. The van der Waals surface area contributed by atoms with Crippen molar-refractivity contribution < 1.29 is 17.9 Å². The van der Waals surface area contributed by atoms with Gasteiger partial charge in [0, 0.05) is 18.2 Å². The van der Waals surface area contributed by atoms with Crippen molar-refractivity contribution in [3.63, 3.8) is 0 Å². The van der Waals surface area contributed by atoms with Crippen molar-refractivity contribution in [2.45, 2.75) is 32.6 Å². The summed E-state index contributed by atoms with van der Waals surface area (Å²) in [6.07, 6.45) is -2.59. The molecule has 0 bridgehead atoms. The summed E-state index contributed by atoms with van der Waals surface area (Å²) in [5.41, 5.74) is -0.155. The number of methoxy groups -OCH3 is 1. The highest BCUT2D eigenvalue weighted by Gasteiger charge is 2.37. The Kier molecular flexibility index (Phi) is 6.28. The Labute approximate surface area is 209 Å². The van der Waals surface area contributed by atoms with E-state index in [0.717, 1.165) is 10.6 Å². The zero-order chi connectivity index (χ0) is 26.2. The number of hydrogen-bond acceptors (Lipinski definition) is 5. The lowest BCUT2D eigenvalue weighted by atomic mass is 10.1. The van der Waals surface area contributed by atoms with Crippen molar-refractivity contribution in [1.29, 1.82) is 0 Å². The molecule has 11 heteroatoms. The summed E-state index contributed by atoms with van der Waals surface area (Å²) >= 11 is 0. The third kappa shape index (κ3) is 4.59. The largest absolute Gasteiger partial charge is 0.497 e. The van der Waals surface area contributed by atoms with E-state index in [9.17, 15) is 18.0 Å². The lowest BCUT2D eigenvalue weighted by Crippen LogP contribution is -2.25. The standard InChI is InChI=1S/C26H23F3N6O2/c1-3-12-33-24-23(21(26(27,28)29)14-22(30-24)17-8-5-4-6-9-17)34(25(33)36)15-18-16-35(32-31-18)19-10-7-11-20(13-19)37-2/h4-11,13-14,16H,3,12,15H2,1-2H3. The number of fused-ring (bicyclic) bond motifs is 1. The number of nitrogens with zero attached hydrogens (tertiary/aromatic N) is 6. The first-order valence-electron chi connectivity index (χ1n) is 11.6. The van der Waals surface area contributed by atoms with Crippen molar-refractivity contribution in [2.24, 2.45) is 0 Å². The van der Waals surface area contributed by atoms with Crippen LogP contribution in [0.5, 0.6) is 5.75 Å². The number of alkyl halides is 3. The fourth-order valence-corrected chi connectivity index (χ4v) is 4.27. The summed E-state index contributed by atoms with van der Waals surface area (Å²) in [7, 11) is 1.54. The van der Waals surface area contributed by atoms with Gasteiger partial charge in [0.2, 0.25) is 0 Å². The van der Waals surface area contributed by atoms with Gasteiger partial charge in [-0.25, -0.2) is 14.5 Å². The normalized spacial score (nSPS) is 11.8. The Bertz CT molecular complexity index is 1620. The van der Waals surface area contributed by atoms with E-state index in [1.807, 2.05) is 6.92 Å². The first kappa shape index (κ1) is 24.3. The minimum absolute atomic E-state index is 0.0132. The quantitative estimate of drug-likeness (QED) is 0.312. The molecule has 2 aromatic carbocycles. The molecule has 0 unspecified atom stereocenters. The smallest absolute Gasteiger partial charge is 0.418 e. The van der Waals surface area contributed by atoms with E-state index in [-0.39, 0.29) is 29.9 Å². The van der Waals surface area contributed by atoms with E-state index in [1.54, 1.807) is 67.9 Å². The van der Waals surface area contributed by atoms with Crippen LogP contribution in [0, 0.1) is 0 Å². The molecule has 0 amide bonds. The van der Waals surface area contributed by atoms with Gasteiger partial charge >= 0.3 is 11.9 Å². The minimum Gasteiger partial charge on any atom is -0.497 e. The molecule has 0 spiro atoms. The van der Waals surface area contributed by atoms with Crippen molar-refractivity contribution >= 4 is 11.2 Å². The average molecular weight is 509 g/mol. The Morgan fingerprint density at radius 3 is 2.49 bits per heavy atom. The molecule has 5 aromatic rings. The number of ether oxygens (including phenoxy) is 1. The molecule has 0 saturated carbocycles. The third-order valence-electron chi connectivity index (χ3n) is 5.96. The summed E-state index contributed by atoms with van der Waals surface area (Å²) in [6.45, 7) is 1.87. The number of pyridine rings is 1. The van der Waals surface area contributed by atoms with E-state index in [2.05, 4.69) is 15.3 Å². The number of rotatable bonds is 7. The molecule has 0 saturated heterocycles. The van der Waals surface area contributed by atoms with Crippen molar-refractivity contribution in [3.8, 4) is 22.7 Å². The van der Waals surface area contributed by atoms with Gasteiger partial charge in [-0.1, -0.05) is 48.5 Å². The minimum atomic E-state index is -4.71. The second-order valence-corrected chi connectivity index (χ2v) is 8.47. The first-order chi connectivity index (χ1) is 17.8. The molecule has 0 radical (unpaired) electrons. The van der Waals surface area contributed by atoms with Gasteiger partial charge in [0.25, 0.3) is 0 Å². The predicted octanol–water partition coefficient (Wildman–Crippen LogP) is 4.93. The molecule has 0 aliphatic heterocycles. The van der Waals surface area contributed by atoms with Gasteiger partial charge in [-0.3, -0.25) is 9.13 Å². The maximum absolute atomic E-state index is 14.4. The van der Waals surface area contributed by atoms with Crippen molar-refractivity contribution in [3.05, 3.63) is 88.6 Å². The Morgan fingerprint density at radius 2 is 1.78 bits per heavy atom. The summed E-state index contributed by atoms with van der Waals surface area (Å²) in [4.78, 5) is 17.9. The van der Waals surface area contributed by atoms with Gasteiger partial charge in [0.15, 0.2) is 5.65 Å². The van der Waals surface area contributed by atoms with Gasteiger partial charge in [-0.2, -0.15) is 13.2 Å². The molecule has 3 heterocycles. The molecular formula is C26H23F3N6O2. The number of aryl methyl sites for hydroxylation is 1. The summed E-state index contributed by atoms with van der Waals surface area (Å²) in [5.74, 6) is 0.614. The SMILES string of the molecule is CCCn1c(=O)n(Cc2cn(-c3cccc(OC)c3)nn2)c2c(C(F)(F)F)cc(-c3ccccc3)nc21. The second kappa shape index (κ2) is 9.57. The molecule has 5 rings (SSSR count). The fraction of sp³-hybridized carbons (Fsp3) is 0.231. The Morgan fingerprint density at radius 1 is 1.00 bits per heavy atom. The predicted molar refractivity (Wildman–Crippen MR) is 132 cm³/mol. The van der Waals surface area contributed by atoms with Crippen molar-refractivity contribution in [2.75, 3.05) is 7.11 Å². The zero-order valence-corrected chi connectivity index (χ0v) is 20.1. The van der Waals surface area contributed by atoms with E-state index in [0.29, 0.717) is 29.1 Å². The van der Waals surface area contributed by atoms with Gasteiger partial charge in [-0.05, 0) is 24.6 Å². The van der Waals surface area contributed by atoms with Crippen LogP contribution in [-0.4, -0.2) is 36.2 Å². The maximum Gasteiger partial charge on any atom is 0.418 e. The molecule has 0 aliphatic rings. The second-order valence-electron chi connectivity index (χ2n) is 8.47. The number of aromatic nitrogens is 6. The molecule has 190 valence electrons. The average Bonchev–Trinajstić information content (AvgIpc) is 3.47. The number of imidazole rings is 1. The molecule has 0 aliphatic carbocycles. The summed E-state index contributed by atoms with van der Waals surface area (Å²) in [5, 5.41) is 8.19. The molecule has 8 nitrogen and oxygen atoms in total. The molecule has 0 atom stereocenters. The van der Waals surface area contributed by atoms with Crippen LogP contribution in [-0.2, 0) is 19.3 Å². The first-order valence-corrected chi connectivity index (χ1v) is 11.6. The van der Waals surface area contributed by atoms with Gasteiger partial charge < -0.3 is 4.74 Å². The van der Waals surface area contributed by atoms with Crippen LogP contribution in [0.1, 0.15) is 24.6 Å². The molecule has 37 heavy (non-hydrogen) atoms. The third-order valence-corrected chi connectivity index (χ3v) is 5.96. The van der Waals surface area contributed by atoms with Crippen LogP contribution >= 0.6 is 0 Å². The summed E-state index contributed by atoms with van der Waals surface area (Å²) in [6, 6.07) is 16.7. The lowest BCUT2D eigenvalue weighted by molar-refractivity contribution is -0.136. The van der Waals surface area contributed by atoms with Crippen LogP contribution in [0.25, 0.3) is 28.1 Å². The van der Waals surface area contributed by atoms with Crippen LogP contribution in [0.15, 0.2) is 71.7 Å². The highest BCUT2D eigenvalue weighted by molar-refractivity contribution is 5.81. The summed E-state index contributed by atoms with van der Waals surface area (Å²) < 4.78 is 52.2. The van der Waals surface area contributed by atoms with E-state index < -0.39 is 17.4 Å². The maximum atomic E-state index is 14.4. The molecule has 3 aromatic heterocycles. The van der Waals surface area contributed by atoms with E-state index >= 15 is 0 Å². The van der Waals surface area contributed by atoms with Gasteiger partial charge in [0.05, 0.1) is 36.8 Å². The monoisotopic (exact) mass is 508 g/mol. The highest BCUT2D eigenvalue weighted by Crippen LogP contribution is 2.37. The Hall–Kier alpha value is -4.41. The van der Waals surface area contributed by atoms with E-state index in [4.69, 9.17) is 4.74 Å². The van der Waals surface area contributed by atoms with E-state index in [1.165, 1.54) is 9.25 Å². The highest BCUT2D eigenvalue weighted by atomic mass is 19.4. The zero-order valence-electron chi connectivity index (χ0n) is 20.1. The van der Waals surface area contributed by atoms with Crippen LogP contribution in [0.3, 0.4) is 0 Å². The fourth-order valence-electron chi connectivity index (χ4n) is 4.27. The number of halogens is 3. The topological polar surface area (TPSA) is 79.8 Å². The van der Waals surface area contributed by atoms with Gasteiger partial charge in [0.1, 0.15) is 17.0 Å². The van der Waals surface area contributed by atoms with Crippen LogP contribution in [0.4, 0.5) is 13.2 Å². The van der Waals surface area contributed by atoms with Crippen molar-refractivity contribution in [1.82, 2.24) is 29.1 Å². The number of hydrogen-bond donors (Lipinski definition) is 0.